The van der Waals surface area contributed by atoms with E-state index in [-0.39, 0.29) is 26.4 Å². The zero-order chi connectivity index (χ0) is 12.2. The van der Waals surface area contributed by atoms with E-state index in [9.17, 15) is 10.2 Å². The number of methoxy groups -OCH3 is 1. The van der Waals surface area contributed by atoms with Crippen LogP contribution in [0.5, 0.6) is 0 Å². The predicted octanol–water partition coefficient (Wildman–Crippen LogP) is -0.693. The number of hydrogen-bond acceptors (Lipinski definition) is 5. The van der Waals surface area contributed by atoms with Gasteiger partial charge in [0.05, 0.1) is 26.4 Å². The average molecular weight is 233 g/mol. The molecule has 0 fully saturated rings. The highest BCUT2D eigenvalue weighted by atomic mass is 16.5. The maximum absolute atomic E-state index is 9.35. The van der Waals surface area contributed by atoms with Gasteiger partial charge in [0.15, 0.2) is 0 Å². The quantitative estimate of drug-likeness (QED) is 0.386. The topological polar surface area (TPSA) is 72.5 Å². The predicted molar refractivity (Wildman–Crippen MR) is 57.0 cm³/mol. The maximum Gasteiger partial charge on any atom is 0.237 e. The van der Waals surface area contributed by atoms with Crippen molar-refractivity contribution in [2.75, 3.05) is 46.7 Å². The minimum absolute atomic E-state index is 0.0960. The molecule has 0 aliphatic carbocycles. The third kappa shape index (κ3) is 9.83. The van der Waals surface area contributed by atoms with Crippen molar-refractivity contribution in [2.24, 2.45) is 0 Å². The van der Waals surface area contributed by atoms with Crippen LogP contribution in [0.25, 0.3) is 4.85 Å². The van der Waals surface area contributed by atoms with E-state index < -0.39 is 12.2 Å². The second-order valence-corrected chi connectivity index (χ2v) is 3.26. The van der Waals surface area contributed by atoms with Crippen LogP contribution in [-0.4, -0.2) is 69.1 Å². The number of aliphatic hydroxyl groups excluding tert-OH is 2. The fraction of sp³-hybridized carbons (Fsp3) is 0.900. The van der Waals surface area contributed by atoms with Crippen LogP contribution in [0.3, 0.4) is 0 Å². The van der Waals surface area contributed by atoms with Gasteiger partial charge in [-0.15, -0.1) is 0 Å². The van der Waals surface area contributed by atoms with Gasteiger partial charge < -0.3 is 29.3 Å². The first-order chi connectivity index (χ1) is 7.70. The highest BCUT2D eigenvalue weighted by molar-refractivity contribution is 4.58. The van der Waals surface area contributed by atoms with Crippen LogP contribution in [-0.2, 0) is 14.2 Å². The molecule has 0 aliphatic rings. The molecule has 0 rings (SSSR count). The lowest BCUT2D eigenvalue weighted by Gasteiger charge is -2.13. The Morgan fingerprint density at radius 2 is 1.62 bits per heavy atom. The summed E-state index contributed by atoms with van der Waals surface area (Å²) in [6, 6.07) is 0. The number of rotatable bonds is 10. The van der Waals surface area contributed by atoms with Crippen molar-refractivity contribution < 1.29 is 24.4 Å². The third-order valence-corrected chi connectivity index (χ3v) is 1.64. The largest absolute Gasteiger partial charge is 0.388 e. The van der Waals surface area contributed by atoms with Gasteiger partial charge in [-0.1, -0.05) is 0 Å². The molecule has 2 N–H and O–H groups in total. The van der Waals surface area contributed by atoms with E-state index >= 15 is 0 Å². The minimum Gasteiger partial charge on any atom is -0.388 e. The molecule has 0 aliphatic heterocycles. The molecule has 2 unspecified atom stereocenters. The zero-order valence-corrected chi connectivity index (χ0v) is 9.46. The normalized spacial score (nSPS) is 14.4. The first-order valence-corrected chi connectivity index (χ1v) is 5.04. The molecule has 6 nitrogen and oxygen atoms in total. The highest BCUT2D eigenvalue weighted by Gasteiger charge is 2.07. The Hall–Kier alpha value is -0.710. The van der Waals surface area contributed by atoms with Crippen LogP contribution in [0, 0.1) is 6.57 Å². The molecule has 0 aromatic rings. The van der Waals surface area contributed by atoms with Gasteiger partial charge in [-0.2, -0.15) is 0 Å². The Bertz CT molecular complexity index is 194. The van der Waals surface area contributed by atoms with Crippen LogP contribution in [0.2, 0.25) is 0 Å². The van der Waals surface area contributed by atoms with Crippen LogP contribution >= 0.6 is 0 Å². The highest BCUT2D eigenvalue weighted by Crippen LogP contribution is 1.91. The van der Waals surface area contributed by atoms with E-state index in [4.69, 9.17) is 20.8 Å². The molecule has 94 valence electrons. The molecule has 0 heterocycles. The maximum atomic E-state index is 9.35. The average Bonchev–Trinajstić information content (AvgIpc) is 2.25. The Morgan fingerprint density at radius 3 is 2.19 bits per heavy atom. The molecule has 6 heteroatoms. The fourth-order valence-electron chi connectivity index (χ4n) is 0.958. The van der Waals surface area contributed by atoms with Crippen molar-refractivity contribution in [3.63, 3.8) is 0 Å². The molecule has 0 bridgehead atoms. The monoisotopic (exact) mass is 233 g/mol. The Labute approximate surface area is 95.6 Å². The van der Waals surface area contributed by atoms with Gasteiger partial charge in [0.2, 0.25) is 6.54 Å². The molecule has 0 radical (unpaired) electrons. The van der Waals surface area contributed by atoms with E-state index in [1.54, 1.807) is 0 Å². The summed E-state index contributed by atoms with van der Waals surface area (Å²) in [5.41, 5.74) is 0. The summed E-state index contributed by atoms with van der Waals surface area (Å²) in [5, 5.41) is 18.6. The Balaban J connectivity index is 3.30. The molecule has 0 saturated heterocycles. The minimum atomic E-state index is -0.736. The summed E-state index contributed by atoms with van der Waals surface area (Å²) in [6.45, 7) is 7.66. The molecule has 0 aromatic carbocycles. The van der Waals surface area contributed by atoms with Crippen molar-refractivity contribution >= 4 is 0 Å². The molecular formula is C10H19NO5. The molecule has 0 spiro atoms. The van der Waals surface area contributed by atoms with Gasteiger partial charge in [0.25, 0.3) is 0 Å². The van der Waals surface area contributed by atoms with Crippen molar-refractivity contribution in [1.82, 2.24) is 0 Å². The summed E-state index contributed by atoms with van der Waals surface area (Å²) in [7, 11) is 1.49. The van der Waals surface area contributed by atoms with Gasteiger partial charge in [-0.3, -0.25) is 0 Å². The molecule has 0 aromatic heterocycles. The summed E-state index contributed by atoms with van der Waals surface area (Å²) >= 11 is 0. The molecule has 16 heavy (non-hydrogen) atoms. The summed E-state index contributed by atoms with van der Waals surface area (Å²) in [4.78, 5) is 3.10. The van der Waals surface area contributed by atoms with Crippen molar-refractivity contribution in [3.05, 3.63) is 11.4 Å². The Kier molecular flexibility index (Phi) is 10.3. The molecule has 0 saturated carbocycles. The second kappa shape index (κ2) is 10.8. The lowest BCUT2D eigenvalue weighted by molar-refractivity contribution is -0.0506. The van der Waals surface area contributed by atoms with E-state index in [0.717, 1.165) is 0 Å². The number of aliphatic hydroxyl groups is 2. The van der Waals surface area contributed by atoms with Gasteiger partial charge in [0.1, 0.15) is 18.8 Å². The van der Waals surface area contributed by atoms with Gasteiger partial charge in [0, 0.05) is 7.11 Å². The van der Waals surface area contributed by atoms with E-state index in [0.29, 0.717) is 13.2 Å². The molecular weight excluding hydrogens is 214 g/mol. The fourth-order valence-corrected chi connectivity index (χ4v) is 0.958. The lowest BCUT2D eigenvalue weighted by Crippen LogP contribution is -2.27. The van der Waals surface area contributed by atoms with Crippen molar-refractivity contribution in [2.45, 2.75) is 12.2 Å². The SMILES string of the molecule is [C-]#[N+]CCOCC(O)COCC(O)COC. The van der Waals surface area contributed by atoms with Gasteiger partial charge in [-0.05, 0) is 0 Å². The van der Waals surface area contributed by atoms with Crippen molar-refractivity contribution in [1.29, 1.82) is 0 Å². The van der Waals surface area contributed by atoms with Crippen LogP contribution in [0.4, 0.5) is 0 Å². The second-order valence-electron chi connectivity index (χ2n) is 3.26. The van der Waals surface area contributed by atoms with E-state index in [1.807, 2.05) is 0 Å². The first-order valence-electron chi connectivity index (χ1n) is 5.04. The molecule has 0 amide bonds. The summed E-state index contributed by atoms with van der Waals surface area (Å²) in [6.07, 6.45) is -1.42. The van der Waals surface area contributed by atoms with Crippen LogP contribution in [0.15, 0.2) is 0 Å². The Morgan fingerprint density at radius 1 is 1.06 bits per heavy atom. The van der Waals surface area contributed by atoms with Crippen molar-refractivity contribution in [3.8, 4) is 0 Å². The van der Waals surface area contributed by atoms with Gasteiger partial charge >= 0.3 is 0 Å². The number of hydrogen-bond donors (Lipinski definition) is 2. The molecule has 2 atom stereocenters. The van der Waals surface area contributed by atoms with Gasteiger partial charge in [-0.25, -0.2) is 6.57 Å². The smallest absolute Gasteiger partial charge is 0.237 e. The number of nitrogens with zero attached hydrogens (tertiary/aromatic N) is 1. The van der Waals surface area contributed by atoms with Crippen LogP contribution < -0.4 is 0 Å². The summed E-state index contributed by atoms with van der Waals surface area (Å²) < 4.78 is 14.8. The van der Waals surface area contributed by atoms with Crippen LogP contribution in [0.1, 0.15) is 0 Å². The lowest BCUT2D eigenvalue weighted by atomic mass is 10.4. The number of ether oxygens (including phenoxy) is 3. The van der Waals surface area contributed by atoms with E-state index in [2.05, 4.69) is 4.85 Å². The summed E-state index contributed by atoms with van der Waals surface area (Å²) in [5.74, 6) is 0. The van der Waals surface area contributed by atoms with E-state index in [1.165, 1.54) is 7.11 Å². The zero-order valence-electron chi connectivity index (χ0n) is 9.46. The third-order valence-electron chi connectivity index (χ3n) is 1.64. The standard InChI is InChI=1S/C10H19NO5/c1-11-3-4-15-6-10(13)8-16-7-9(12)5-14-2/h9-10,12-13H,3-8H2,2H3. The first kappa shape index (κ1) is 15.3.